The standard InChI is InChI=1S/C48H30N2S/c1-3-14-31(15-4-1)39-29-34(30-41-37-19-9-12-25-46(37)51-48(39)41)50-42-22-10-7-18-36(42)40-28-32(26-27-44(40)50)35-21-13-24-45-47(35)38-20-8-11-23-43(38)49(45)33-16-5-2-6-17-33/h1-30H. The summed E-state index contributed by atoms with van der Waals surface area (Å²) in [5.74, 6) is 0. The first kappa shape index (κ1) is 28.4. The lowest BCUT2D eigenvalue weighted by Crippen LogP contribution is -1.95. The molecule has 238 valence electrons. The lowest BCUT2D eigenvalue weighted by molar-refractivity contribution is 1.18. The molecule has 11 aromatic rings. The molecule has 3 heterocycles. The highest BCUT2D eigenvalue weighted by Gasteiger charge is 2.20. The lowest BCUT2D eigenvalue weighted by Gasteiger charge is -2.13. The Hall–Kier alpha value is -6.42. The van der Waals surface area contributed by atoms with E-state index in [1.165, 1.54) is 97.4 Å². The summed E-state index contributed by atoms with van der Waals surface area (Å²) >= 11 is 1.89. The molecule has 8 aromatic carbocycles. The molecule has 0 aliphatic rings. The van der Waals surface area contributed by atoms with Crippen molar-refractivity contribution in [2.24, 2.45) is 0 Å². The van der Waals surface area contributed by atoms with Gasteiger partial charge >= 0.3 is 0 Å². The van der Waals surface area contributed by atoms with Gasteiger partial charge in [-0.2, -0.15) is 0 Å². The Labute approximate surface area is 298 Å². The molecule has 0 spiro atoms. The second-order valence-electron chi connectivity index (χ2n) is 13.3. The van der Waals surface area contributed by atoms with E-state index in [-0.39, 0.29) is 0 Å². The van der Waals surface area contributed by atoms with Crippen LogP contribution in [-0.4, -0.2) is 9.13 Å². The first-order chi connectivity index (χ1) is 25.3. The van der Waals surface area contributed by atoms with Gasteiger partial charge in [0.25, 0.3) is 0 Å². The lowest BCUT2D eigenvalue weighted by atomic mass is 9.98. The van der Waals surface area contributed by atoms with Crippen molar-refractivity contribution >= 4 is 75.1 Å². The largest absolute Gasteiger partial charge is 0.309 e. The van der Waals surface area contributed by atoms with Gasteiger partial charge in [-0.05, 0) is 77.4 Å². The number of thiophene rings is 1. The summed E-state index contributed by atoms with van der Waals surface area (Å²) in [5.41, 5.74) is 12.2. The summed E-state index contributed by atoms with van der Waals surface area (Å²) < 4.78 is 7.51. The van der Waals surface area contributed by atoms with Crippen LogP contribution in [-0.2, 0) is 0 Å². The smallest absolute Gasteiger partial charge is 0.0547 e. The minimum atomic E-state index is 1.17. The Kier molecular flexibility index (Phi) is 6.16. The monoisotopic (exact) mass is 666 g/mol. The van der Waals surface area contributed by atoms with E-state index in [0.29, 0.717) is 0 Å². The zero-order chi connectivity index (χ0) is 33.5. The van der Waals surface area contributed by atoms with E-state index < -0.39 is 0 Å². The number of hydrogen-bond donors (Lipinski definition) is 0. The van der Waals surface area contributed by atoms with Crippen LogP contribution in [0.25, 0.3) is 97.4 Å². The minimum Gasteiger partial charge on any atom is -0.309 e. The van der Waals surface area contributed by atoms with Crippen LogP contribution in [0.5, 0.6) is 0 Å². The first-order valence-corrected chi connectivity index (χ1v) is 18.3. The maximum atomic E-state index is 2.47. The van der Waals surface area contributed by atoms with Gasteiger partial charge in [0.15, 0.2) is 0 Å². The van der Waals surface area contributed by atoms with Crippen molar-refractivity contribution in [2.75, 3.05) is 0 Å². The van der Waals surface area contributed by atoms with Crippen molar-refractivity contribution < 1.29 is 0 Å². The molecule has 0 aliphatic carbocycles. The number of aromatic nitrogens is 2. The Balaban J connectivity index is 1.18. The molecule has 0 bridgehead atoms. The van der Waals surface area contributed by atoms with Gasteiger partial charge in [-0.3, -0.25) is 0 Å². The molecule has 0 N–H and O–H groups in total. The van der Waals surface area contributed by atoms with Crippen LogP contribution in [0.1, 0.15) is 0 Å². The molecular weight excluding hydrogens is 637 g/mol. The molecule has 3 heteroatoms. The zero-order valence-electron chi connectivity index (χ0n) is 27.6. The zero-order valence-corrected chi connectivity index (χ0v) is 28.4. The average molecular weight is 667 g/mol. The predicted molar refractivity (Wildman–Crippen MR) is 219 cm³/mol. The van der Waals surface area contributed by atoms with E-state index in [0.717, 1.165) is 0 Å². The summed E-state index contributed by atoms with van der Waals surface area (Å²) in [6, 6.07) is 66.6. The van der Waals surface area contributed by atoms with Gasteiger partial charge in [0, 0.05) is 58.7 Å². The molecule has 0 atom stereocenters. The predicted octanol–water partition coefficient (Wildman–Crippen LogP) is 13.6. The average Bonchev–Trinajstić information content (AvgIpc) is 3.86. The highest BCUT2D eigenvalue weighted by atomic mass is 32.1. The van der Waals surface area contributed by atoms with Crippen LogP contribution in [0, 0.1) is 0 Å². The van der Waals surface area contributed by atoms with E-state index in [9.17, 15) is 0 Å². The molecule has 0 unspecified atom stereocenters. The van der Waals surface area contributed by atoms with Crippen molar-refractivity contribution in [3.05, 3.63) is 182 Å². The molecular formula is C48H30N2S. The Bertz CT molecular complexity index is 3130. The molecule has 0 radical (unpaired) electrons. The molecule has 0 saturated carbocycles. The highest BCUT2D eigenvalue weighted by Crippen LogP contribution is 2.44. The molecule has 11 rings (SSSR count). The number of rotatable bonds is 4. The fourth-order valence-electron chi connectivity index (χ4n) is 8.31. The SMILES string of the molecule is c1ccc(-c2cc(-n3c4ccccc4c4cc(-c5cccc6c5c5ccccc5n6-c5ccccc5)ccc43)cc3c2sc2ccccc23)cc1. The van der Waals surface area contributed by atoms with Crippen molar-refractivity contribution in [3.63, 3.8) is 0 Å². The van der Waals surface area contributed by atoms with Crippen LogP contribution in [0.15, 0.2) is 182 Å². The van der Waals surface area contributed by atoms with Crippen LogP contribution in [0.3, 0.4) is 0 Å². The van der Waals surface area contributed by atoms with E-state index >= 15 is 0 Å². The molecule has 0 aliphatic heterocycles. The second kappa shape index (κ2) is 11.0. The Morgan fingerprint density at radius 3 is 1.78 bits per heavy atom. The normalized spacial score (nSPS) is 11.9. The maximum absolute atomic E-state index is 2.47. The first-order valence-electron chi connectivity index (χ1n) is 17.4. The van der Waals surface area contributed by atoms with Gasteiger partial charge in [0.2, 0.25) is 0 Å². The fraction of sp³-hybridized carbons (Fsp3) is 0. The topological polar surface area (TPSA) is 9.86 Å². The molecule has 0 fully saturated rings. The van der Waals surface area contributed by atoms with E-state index in [2.05, 4.69) is 191 Å². The van der Waals surface area contributed by atoms with Gasteiger partial charge in [0.05, 0.1) is 22.1 Å². The van der Waals surface area contributed by atoms with Crippen LogP contribution in [0.4, 0.5) is 0 Å². The molecule has 0 amide bonds. The Morgan fingerprint density at radius 1 is 0.333 bits per heavy atom. The summed E-state index contributed by atoms with van der Waals surface area (Å²) in [6.45, 7) is 0. The van der Waals surface area contributed by atoms with E-state index in [4.69, 9.17) is 0 Å². The minimum absolute atomic E-state index is 1.17. The number of fused-ring (bicyclic) bond motifs is 9. The highest BCUT2D eigenvalue weighted by molar-refractivity contribution is 7.26. The third-order valence-electron chi connectivity index (χ3n) is 10.5. The van der Waals surface area contributed by atoms with Gasteiger partial charge < -0.3 is 9.13 Å². The van der Waals surface area contributed by atoms with Gasteiger partial charge in [-0.25, -0.2) is 0 Å². The quantitative estimate of drug-likeness (QED) is 0.177. The van der Waals surface area contributed by atoms with E-state index in [1.54, 1.807) is 0 Å². The number of benzene rings is 8. The fourth-order valence-corrected chi connectivity index (χ4v) is 9.53. The van der Waals surface area contributed by atoms with Crippen LogP contribution in [0.2, 0.25) is 0 Å². The van der Waals surface area contributed by atoms with Gasteiger partial charge in [-0.1, -0.05) is 121 Å². The third-order valence-corrected chi connectivity index (χ3v) is 11.7. The number of nitrogens with zero attached hydrogens (tertiary/aromatic N) is 2. The maximum Gasteiger partial charge on any atom is 0.0547 e. The van der Waals surface area contributed by atoms with Crippen molar-refractivity contribution in [2.45, 2.75) is 0 Å². The third kappa shape index (κ3) is 4.22. The molecule has 3 aromatic heterocycles. The Morgan fingerprint density at radius 2 is 0.961 bits per heavy atom. The van der Waals surface area contributed by atoms with Crippen LogP contribution >= 0.6 is 11.3 Å². The van der Waals surface area contributed by atoms with Crippen molar-refractivity contribution in [1.82, 2.24) is 9.13 Å². The van der Waals surface area contributed by atoms with Gasteiger partial charge in [-0.15, -0.1) is 11.3 Å². The molecule has 0 saturated heterocycles. The molecule has 51 heavy (non-hydrogen) atoms. The summed E-state index contributed by atoms with van der Waals surface area (Å²) in [4.78, 5) is 0. The summed E-state index contributed by atoms with van der Waals surface area (Å²) in [7, 11) is 0. The number of hydrogen-bond acceptors (Lipinski definition) is 1. The van der Waals surface area contributed by atoms with Crippen LogP contribution < -0.4 is 0 Å². The summed E-state index contributed by atoms with van der Waals surface area (Å²) in [5, 5.41) is 7.66. The second-order valence-corrected chi connectivity index (χ2v) is 14.4. The van der Waals surface area contributed by atoms with Crippen molar-refractivity contribution in [3.8, 4) is 33.6 Å². The van der Waals surface area contributed by atoms with E-state index in [1.807, 2.05) is 11.3 Å². The summed E-state index contributed by atoms with van der Waals surface area (Å²) in [6.07, 6.45) is 0. The molecule has 2 nitrogen and oxygen atoms in total. The van der Waals surface area contributed by atoms with Gasteiger partial charge in [0.1, 0.15) is 0 Å². The van der Waals surface area contributed by atoms with Crippen molar-refractivity contribution in [1.29, 1.82) is 0 Å². The number of para-hydroxylation sites is 3.